The summed E-state index contributed by atoms with van der Waals surface area (Å²) in [6.07, 6.45) is 1.89. The molecule has 0 spiro atoms. The van der Waals surface area contributed by atoms with Gasteiger partial charge in [-0.1, -0.05) is 18.2 Å². The van der Waals surface area contributed by atoms with Gasteiger partial charge in [-0.2, -0.15) is 10.4 Å². The minimum absolute atomic E-state index is 0.0376. The van der Waals surface area contributed by atoms with Crippen LogP contribution in [0, 0.1) is 31.1 Å². The predicted molar refractivity (Wildman–Crippen MR) is 103 cm³/mol. The first-order valence-corrected chi connectivity index (χ1v) is 9.32. The molecule has 1 heterocycles. The average molecular weight is 380 g/mol. The van der Waals surface area contributed by atoms with Crippen LogP contribution >= 0.6 is 0 Å². The van der Waals surface area contributed by atoms with Crippen LogP contribution in [0.1, 0.15) is 36.7 Å². The average Bonchev–Trinajstić information content (AvgIpc) is 3.51. The summed E-state index contributed by atoms with van der Waals surface area (Å²) in [6.45, 7) is 5.05. The van der Waals surface area contributed by atoms with Crippen LogP contribution in [0.3, 0.4) is 0 Å². The molecule has 1 aliphatic rings. The highest BCUT2D eigenvalue weighted by Crippen LogP contribution is 2.39. The molecule has 1 N–H and O–H groups in total. The molecule has 2 aromatic rings. The molecule has 1 fully saturated rings. The van der Waals surface area contributed by atoms with Crippen LogP contribution in [0.2, 0.25) is 0 Å². The monoisotopic (exact) mass is 380 g/mol. The largest absolute Gasteiger partial charge is 0.455 e. The van der Waals surface area contributed by atoms with Crippen molar-refractivity contribution in [1.29, 1.82) is 5.26 Å². The van der Waals surface area contributed by atoms with E-state index in [0.29, 0.717) is 0 Å². The second-order valence-corrected chi connectivity index (χ2v) is 7.37. The van der Waals surface area contributed by atoms with Gasteiger partial charge in [0.05, 0.1) is 23.9 Å². The fourth-order valence-corrected chi connectivity index (χ4v) is 3.30. The lowest BCUT2D eigenvalue weighted by atomic mass is 9.98. The minimum Gasteiger partial charge on any atom is -0.455 e. The molecular weight excluding hydrogens is 356 g/mol. The molecule has 0 aliphatic heterocycles. The fraction of sp³-hybridized carbons (Fsp3) is 0.429. The third-order valence-corrected chi connectivity index (χ3v) is 5.15. The van der Waals surface area contributed by atoms with E-state index < -0.39 is 24.0 Å². The lowest BCUT2D eigenvalue weighted by Crippen LogP contribution is -2.48. The van der Waals surface area contributed by atoms with E-state index in [1.54, 1.807) is 11.6 Å². The summed E-state index contributed by atoms with van der Waals surface area (Å²) in [6, 6.07) is 11.8. The van der Waals surface area contributed by atoms with Gasteiger partial charge < -0.3 is 10.1 Å². The van der Waals surface area contributed by atoms with Gasteiger partial charge in [-0.25, -0.2) is 4.68 Å². The molecule has 0 bridgehead atoms. The van der Waals surface area contributed by atoms with Crippen molar-refractivity contribution in [2.24, 2.45) is 5.92 Å². The summed E-state index contributed by atoms with van der Waals surface area (Å²) in [7, 11) is 0. The van der Waals surface area contributed by atoms with Crippen LogP contribution in [0.5, 0.6) is 0 Å². The van der Waals surface area contributed by atoms with E-state index in [2.05, 4.69) is 16.5 Å². The number of hydrogen-bond acceptors (Lipinski definition) is 5. The maximum Gasteiger partial charge on any atom is 0.310 e. The van der Waals surface area contributed by atoms with Crippen molar-refractivity contribution >= 4 is 11.9 Å². The van der Waals surface area contributed by atoms with Gasteiger partial charge >= 0.3 is 5.97 Å². The number of amides is 1. The number of aryl methyl sites for hydroxylation is 1. The normalized spacial score (nSPS) is 15.4. The number of nitrogens with zero attached hydrogens (tertiary/aromatic N) is 3. The zero-order valence-electron chi connectivity index (χ0n) is 16.4. The number of para-hydroxylation sites is 1. The maximum absolute atomic E-state index is 12.2. The highest BCUT2D eigenvalue weighted by molar-refractivity contribution is 5.82. The van der Waals surface area contributed by atoms with Gasteiger partial charge in [0, 0.05) is 11.3 Å². The predicted octanol–water partition coefficient (Wildman–Crippen LogP) is 2.38. The van der Waals surface area contributed by atoms with Crippen LogP contribution in [0.4, 0.5) is 0 Å². The molecule has 1 aromatic carbocycles. The van der Waals surface area contributed by atoms with Crippen molar-refractivity contribution < 1.29 is 14.3 Å². The van der Waals surface area contributed by atoms with Crippen LogP contribution in [-0.4, -0.2) is 33.8 Å². The number of aromatic nitrogens is 2. The summed E-state index contributed by atoms with van der Waals surface area (Å²) in [5, 5.41) is 16.5. The van der Waals surface area contributed by atoms with Gasteiger partial charge in [0.1, 0.15) is 5.54 Å². The fourth-order valence-electron chi connectivity index (χ4n) is 3.30. The van der Waals surface area contributed by atoms with Gasteiger partial charge in [0.15, 0.2) is 6.61 Å². The van der Waals surface area contributed by atoms with Crippen LogP contribution in [0.25, 0.3) is 5.69 Å². The van der Waals surface area contributed by atoms with Crippen molar-refractivity contribution in [2.75, 3.05) is 6.61 Å². The van der Waals surface area contributed by atoms with Gasteiger partial charge in [-0.3, -0.25) is 9.59 Å². The zero-order chi connectivity index (χ0) is 20.3. The number of hydrogen-bond donors (Lipinski definition) is 1. The molecule has 0 saturated heterocycles. The number of carbonyl (C=O) groups excluding carboxylic acids is 2. The van der Waals surface area contributed by atoms with Crippen molar-refractivity contribution in [3.63, 3.8) is 0 Å². The SMILES string of the molecule is Cc1nn(-c2ccccc2)c(C)c1CC(=O)OCC(=O)N[C@](C)(C#N)C1CC1. The van der Waals surface area contributed by atoms with Crippen LogP contribution < -0.4 is 5.32 Å². The number of esters is 1. The Morgan fingerprint density at radius 2 is 2.00 bits per heavy atom. The molecule has 1 aliphatic carbocycles. The smallest absolute Gasteiger partial charge is 0.310 e. The van der Waals surface area contributed by atoms with E-state index in [1.807, 2.05) is 44.2 Å². The van der Waals surface area contributed by atoms with Gasteiger partial charge in [0.2, 0.25) is 0 Å². The highest BCUT2D eigenvalue weighted by Gasteiger charge is 2.43. The van der Waals surface area contributed by atoms with Gasteiger partial charge in [-0.05, 0) is 51.7 Å². The Morgan fingerprint density at radius 1 is 1.32 bits per heavy atom. The van der Waals surface area contributed by atoms with Gasteiger partial charge in [-0.15, -0.1) is 0 Å². The van der Waals surface area contributed by atoms with Crippen LogP contribution in [-0.2, 0) is 20.7 Å². The summed E-state index contributed by atoms with van der Waals surface area (Å²) >= 11 is 0. The summed E-state index contributed by atoms with van der Waals surface area (Å²) < 4.78 is 6.92. The van der Waals surface area contributed by atoms with E-state index >= 15 is 0 Å². The van der Waals surface area contributed by atoms with Crippen molar-refractivity contribution in [3.8, 4) is 11.8 Å². The number of carbonyl (C=O) groups is 2. The van der Waals surface area contributed by atoms with E-state index in [9.17, 15) is 14.9 Å². The topological polar surface area (TPSA) is 97.0 Å². The van der Waals surface area contributed by atoms with E-state index in [4.69, 9.17) is 4.74 Å². The van der Waals surface area contributed by atoms with Crippen molar-refractivity contribution in [1.82, 2.24) is 15.1 Å². The van der Waals surface area contributed by atoms with Crippen molar-refractivity contribution in [2.45, 2.75) is 45.6 Å². The van der Waals surface area contributed by atoms with E-state index in [-0.39, 0.29) is 12.3 Å². The lowest BCUT2D eigenvalue weighted by Gasteiger charge is -2.22. The third-order valence-electron chi connectivity index (χ3n) is 5.15. The first-order chi connectivity index (χ1) is 13.3. The Balaban J connectivity index is 1.59. The van der Waals surface area contributed by atoms with Gasteiger partial charge in [0.25, 0.3) is 5.91 Å². The number of nitrogens with one attached hydrogen (secondary N) is 1. The third kappa shape index (κ3) is 4.22. The number of rotatable bonds is 7. The van der Waals surface area contributed by atoms with Crippen molar-refractivity contribution in [3.05, 3.63) is 47.3 Å². The molecule has 1 atom stereocenters. The Labute approximate surface area is 164 Å². The molecule has 28 heavy (non-hydrogen) atoms. The zero-order valence-corrected chi connectivity index (χ0v) is 16.4. The molecule has 3 rings (SSSR count). The minimum atomic E-state index is -0.895. The Hall–Kier alpha value is -3.14. The molecule has 0 radical (unpaired) electrons. The lowest BCUT2D eigenvalue weighted by molar-refractivity contribution is -0.148. The summed E-state index contributed by atoms with van der Waals surface area (Å²) in [4.78, 5) is 24.3. The molecule has 1 aromatic heterocycles. The number of nitriles is 1. The standard InChI is InChI=1S/C21H24N4O3/c1-14-18(15(2)25(24-14)17-7-5-4-6-8-17)11-20(27)28-12-19(26)23-21(3,13-22)16-9-10-16/h4-8,16H,9-12H2,1-3H3,(H,23,26)/t21-/m1/s1. The van der Waals surface area contributed by atoms with E-state index in [0.717, 1.165) is 35.5 Å². The molecule has 7 nitrogen and oxygen atoms in total. The molecule has 1 amide bonds. The molecule has 1 saturated carbocycles. The second-order valence-electron chi connectivity index (χ2n) is 7.37. The van der Waals surface area contributed by atoms with E-state index in [1.165, 1.54) is 0 Å². The Bertz CT molecular complexity index is 925. The summed E-state index contributed by atoms with van der Waals surface area (Å²) in [5.41, 5.74) is 2.41. The second kappa shape index (κ2) is 7.85. The first kappa shape index (κ1) is 19.6. The Morgan fingerprint density at radius 3 is 2.61 bits per heavy atom. The van der Waals surface area contributed by atoms with Crippen LogP contribution in [0.15, 0.2) is 30.3 Å². The number of benzene rings is 1. The highest BCUT2D eigenvalue weighted by atomic mass is 16.5. The number of ether oxygens (including phenoxy) is 1. The Kier molecular flexibility index (Phi) is 5.50. The maximum atomic E-state index is 12.2. The summed E-state index contributed by atoms with van der Waals surface area (Å²) in [5.74, 6) is -0.789. The molecule has 146 valence electrons. The molecule has 0 unspecified atom stereocenters. The molecule has 7 heteroatoms. The molecular formula is C21H24N4O3. The first-order valence-electron chi connectivity index (χ1n) is 9.32. The quantitative estimate of drug-likeness (QED) is 0.744.